The summed E-state index contributed by atoms with van der Waals surface area (Å²) in [6.07, 6.45) is 2.82. The number of β-lactam (4-membered cyclic amide) rings is 1. The van der Waals surface area contributed by atoms with E-state index in [2.05, 4.69) is 0 Å². The van der Waals surface area contributed by atoms with E-state index in [9.17, 15) is 19.5 Å². The smallest absolute Gasteiger partial charge is 0.545 e. The summed E-state index contributed by atoms with van der Waals surface area (Å²) in [6.45, 7) is 0.00468. The number of hydrogen-bond acceptors (Lipinski definition) is 6. The number of fused-ring (bicyclic) bond motifs is 1. The molecule has 0 aromatic heterocycles. The predicted molar refractivity (Wildman–Crippen MR) is 108 cm³/mol. The number of benzene rings is 2. The van der Waals surface area contributed by atoms with E-state index in [1.54, 1.807) is 24.3 Å². The molecule has 158 valence electrons. The van der Waals surface area contributed by atoms with E-state index >= 15 is 0 Å². The minimum atomic E-state index is -1.46. The maximum Gasteiger partial charge on any atom is 1.00 e. The van der Waals surface area contributed by atoms with E-state index in [4.69, 9.17) is 9.47 Å². The average Bonchev–Trinajstić information content (AvgIpc) is 3.08. The zero-order chi connectivity index (χ0) is 21.8. The number of aliphatic carboxylic acids is 1. The molecule has 2 fully saturated rings. The third-order valence-electron chi connectivity index (χ3n) is 5.16. The van der Waals surface area contributed by atoms with Crippen LogP contribution in [0.2, 0.25) is 0 Å². The number of rotatable bonds is 7. The Kier molecular flexibility index (Phi) is 8.44. The summed E-state index contributed by atoms with van der Waals surface area (Å²) in [5, 5.41) is 11.9. The van der Waals surface area contributed by atoms with Crippen molar-refractivity contribution >= 4 is 23.9 Å². The van der Waals surface area contributed by atoms with Crippen molar-refractivity contribution in [2.24, 2.45) is 0 Å². The van der Waals surface area contributed by atoms with Crippen LogP contribution >= 0.6 is 0 Å². The van der Waals surface area contributed by atoms with E-state index < -0.39 is 24.2 Å². The van der Waals surface area contributed by atoms with Gasteiger partial charge in [0, 0.05) is 5.57 Å². The number of carboxylic acid groups (broad SMARTS) is 1. The van der Waals surface area contributed by atoms with Crippen LogP contribution in [0, 0.1) is 0 Å². The minimum absolute atomic E-state index is 0. The Morgan fingerprint density at radius 2 is 1.75 bits per heavy atom. The summed E-state index contributed by atoms with van der Waals surface area (Å²) in [5.74, 6) is -2.57. The summed E-state index contributed by atoms with van der Waals surface area (Å²) >= 11 is 0. The van der Waals surface area contributed by atoms with Crippen molar-refractivity contribution in [2.75, 3.05) is 0 Å². The fourth-order valence-corrected chi connectivity index (χ4v) is 3.57. The van der Waals surface area contributed by atoms with Gasteiger partial charge in [0.15, 0.2) is 12.3 Å². The number of ether oxygens (including phenoxy) is 2. The number of esters is 1. The second kappa shape index (κ2) is 11.1. The second-order valence-electron chi connectivity index (χ2n) is 7.22. The first-order valence-corrected chi connectivity index (χ1v) is 9.89. The van der Waals surface area contributed by atoms with Crippen molar-refractivity contribution < 1.29 is 80.3 Å². The standard InChI is InChI=1S/C24H21NO6.K/c26-19-14-20-25(19)21(24(29)30-15-17-10-5-2-6-11-17)22(31-20)18(23(27)28)13-7-12-16-8-3-1-4-9-16;/h1-12,20-21H,13-15H2,(H,27,28);/q;+1/p-1/b12-7-,22-18+;/t20-,21?;/m1./s1. The van der Waals surface area contributed by atoms with Gasteiger partial charge >= 0.3 is 57.4 Å². The second-order valence-corrected chi connectivity index (χ2v) is 7.22. The predicted octanol–water partition coefficient (Wildman–Crippen LogP) is -1.20. The maximum atomic E-state index is 12.8. The largest absolute Gasteiger partial charge is 1.00 e. The summed E-state index contributed by atoms with van der Waals surface area (Å²) in [5.41, 5.74) is 1.49. The van der Waals surface area contributed by atoms with Crippen LogP contribution in [0.25, 0.3) is 6.08 Å². The first kappa shape index (κ1) is 24.4. The molecule has 2 saturated heterocycles. The van der Waals surface area contributed by atoms with E-state index in [0.717, 1.165) is 11.1 Å². The monoisotopic (exact) mass is 457 g/mol. The summed E-state index contributed by atoms with van der Waals surface area (Å²) in [6, 6.07) is 17.2. The molecule has 2 aliphatic heterocycles. The fourth-order valence-electron chi connectivity index (χ4n) is 3.57. The van der Waals surface area contributed by atoms with Gasteiger partial charge in [0.25, 0.3) is 0 Å². The molecule has 32 heavy (non-hydrogen) atoms. The van der Waals surface area contributed by atoms with E-state index in [1.165, 1.54) is 4.90 Å². The van der Waals surface area contributed by atoms with Gasteiger partial charge in [-0.15, -0.1) is 0 Å². The first-order valence-electron chi connectivity index (χ1n) is 9.89. The Labute approximate surface area is 228 Å². The topological polar surface area (TPSA) is 96.0 Å². The SMILES string of the molecule is O=C([O-])/C(C/C=C\c1ccccc1)=C1/O[C@@H]2CC(=O)N2C1C(=O)OCc1ccccc1.[K+]. The normalized spacial score (nSPS) is 20.6. The molecule has 2 aromatic carbocycles. The van der Waals surface area contributed by atoms with Crippen molar-refractivity contribution in [1.82, 2.24) is 4.90 Å². The molecular weight excluding hydrogens is 437 g/mol. The van der Waals surface area contributed by atoms with Crippen LogP contribution in [0.15, 0.2) is 78.1 Å². The molecule has 0 saturated carbocycles. The molecule has 1 unspecified atom stereocenters. The van der Waals surface area contributed by atoms with E-state index in [-0.39, 0.29) is 88.1 Å². The van der Waals surface area contributed by atoms with E-state index in [1.807, 2.05) is 48.5 Å². The molecule has 2 heterocycles. The summed E-state index contributed by atoms with van der Waals surface area (Å²) in [7, 11) is 0. The Morgan fingerprint density at radius 3 is 2.38 bits per heavy atom. The summed E-state index contributed by atoms with van der Waals surface area (Å²) in [4.78, 5) is 38.0. The molecule has 2 aliphatic rings. The number of amides is 1. The molecule has 0 aliphatic carbocycles. The first-order chi connectivity index (χ1) is 15.0. The van der Waals surface area contributed by atoms with Gasteiger partial charge < -0.3 is 19.4 Å². The Morgan fingerprint density at radius 1 is 1.09 bits per heavy atom. The van der Waals surface area contributed by atoms with Gasteiger partial charge in [-0.3, -0.25) is 9.69 Å². The zero-order valence-electron chi connectivity index (χ0n) is 17.6. The molecule has 8 heteroatoms. The van der Waals surface area contributed by atoms with Gasteiger partial charge in [-0.1, -0.05) is 72.8 Å². The number of carboxylic acids is 1. The van der Waals surface area contributed by atoms with Crippen molar-refractivity contribution in [2.45, 2.75) is 31.7 Å². The Hall–Kier alpha value is -2.23. The third-order valence-corrected chi connectivity index (χ3v) is 5.16. The molecule has 4 rings (SSSR count). The molecule has 0 N–H and O–H groups in total. The number of allylic oxidation sites excluding steroid dienone is 1. The van der Waals surface area contributed by atoms with Gasteiger partial charge in [0.2, 0.25) is 5.91 Å². The fraction of sp³-hybridized carbons (Fsp3) is 0.208. The number of carbonyl (C=O) groups is 3. The molecule has 2 atom stereocenters. The van der Waals surface area contributed by atoms with Crippen LogP contribution in [0.1, 0.15) is 24.0 Å². The zero-order valence-corrected chi connectivity index (χ0v) is 20.7. The van der Waals surface area contributed by atoms with Crippen LogP contribution in [-0.4, -0.2) is 35.0 Å². The average molecular weight is 458 g/mol. The molecular formula is C24H20KNO6. The van der Waals surface area contributed by atoms with Crippen LogP contribution in [0.5, 0.6) is 0 Å². The Balaban J connectivity index is 0.00000289. The van der Waals surface area contributed by atoms with Crippen LogP contribution < -0.4 is 56.5 Å². The van der Waals surface area contributed by atoms with Crippen molar-refractivity contribution in [3.8, 4) is 0 Å². The third kappa shape index (κ3) is 5.39. The molecule has 0 spiro atoms. The molecule has 2 aromatic rings. The van der Waals surface area contributed by atoms with Crippen molar-refractivity contribution in [3.05, 3.63) is 89.2 Å². The molecule has 0 radical (unpaired) electrons. The van der Waals surface area contributed by atoms with Crippen LogP contribution in [0.4, 0.5) is 0 Å². The van der Waals surface area contributed by atoms with Gasteiger partial charge in [0.1, 0.15) is 12.4 Å². The van der Waals surface area contributed by atoms with E-state index in [0.29, 0.717) is 0 Å². The number of nitrogens with zero attached hydrogens (tertiary/aromatic N) is 1. The van der Waals surface area contributed by atoms with Crippen molar-refractivity contribution in [3.63, 3.8) is 0 Å². The molecule has 7 nitrogen and oxygen atoms in total. The van der Waals surface area contributed by atoms with Gasteiger partial charge in [-0.25, -0.2) is 4.79 Å². The van der Waals surface area contributed by atoms with Crippen LogP contribution in [0.3, 0.4) is 0 Å². The molecule has 1 amide bonds. The quantitative estimate of drug-likeness (QED) is 0.224. The maximum absolute atomic E-state index is 12.8. The van der Waals surface area contributed by atoms with Gasteiger partial charge in [-0.05, 0) is 17.5 Å². The minimum Gasteiger partial charge on any atom is -0.545 e. The van der Waals surface area contributed by atoms with Gasteiger partial charge in [-0.2, -0.15) is 0 Å². The summed E-state index contributed by atoms with van der Waals surface area (Å²) < 4.78 is 11.0. The van der Waals surface area contributed by atoms with Gasteiger partial charge in [0.05, 0.1) is 12.4 Å². The molecule has 0 bridgehead atoms. The number of hydrogen-bond donors (Lipinski definition) is 0. The van der Waals surface area contributed by atoms with Crippen molar-refractivity contribution in [1.29, 1.82) is 0 Å². The number of carbonyl (C=O) groups excluding carboxylic acids is 3. The Bertz CT molecular complexity index is 1050. The van der Waals surface area contributed by atoms with Crippen LogP contribution in [-0.2, 0) is 30.5 Å².